The molecule has 1 fully saturated rings. The minimum absolute atomic E-state index is 0.0143. The van der Waals surface area contributed by atoms with Crippen molar-refractivity contribution in [3.63, 3.8) is 0 Å². The van der Waals surface area contributed by atoms with Gasteiger partial charge in [0.15, 0.2) is 0 Å². The van der Waals surface area contributed by atoms with Gasteiger partial charge in [-0.25, -0.2) is 0 Å². The summed E-state index contributed by atoms with van der Waals surface area (Å²) in [6.07, 6.45) is 8.80. The molecule has 0 saturated heterocycles. The van der Waals surface area contributed by atoms with E-state index in [1.165, 1.54) is 0 Å². The quantitative estimate of drug-likeness (QED) is 0.482. The number of allylic oxidation sites excluding steroid dienone is 1. The molecule has 0 heterocycles. The lowest BCUT2D eigenvalue weighted by atomic mass is 9.60. The van der Waals surface area contributed by atoms with Gasteiger partial charge >= 0.3 is 0 Å². The summed E-state index contributed by atoms with van der Waals surface area (Å²) >= 11 is 0. The van der Waals surface area contributed by atoms with Crippen LogP contribution in [0, 0.1) is 23.2 Å². The number of hydrogen-bond acceptors (Lipinski definition) is 2. The van der Waals surface area contributed by atoms with E-state index >= 15 is 0 Å². The van der Waals surface area contributed by atoms with E-state index < -0.39 is 5.41 Å². The molecule has 0 N–H and O–H groups in total. The molecule has 0 radical (unpaired) electrons. The summed E-state index contributed by atoms with van der Waals surface area (Å²) in [5, 5.41) is 0. The molecule has 22 heavy (non-hydrogen) atoms. The van der Waals surface area contributed by atoms with Crippen LogP contribution >= 0.6 is 0 Å². The van der Waals surface area contributed by atoms with E-state index in [-0.39, 0.29) is 17.0 Å². The largest absolute Gasteiger partial charge is 0.299 e. The van der Waals surface area contributed by atoms with Crippen molar-refractivity contribution in [2.45, 2.75) is 39.5 Å². The highest BCUT2D eigenvalue weighted by Crippen LogP contribution is 2.44. The zero-order chi connectivity index (χ0) is 16.4. The highest BCUT2D eigenvalue weighted by atomic mass is 16.2. The molecular formula is C20H22O2. The molecule has 0 unspecified atom stereocenters. The fraction of sp³-hybridized carbons (Fsp3) is 0.400. The normalized spacial score (nSPS) is 19.5. The van der Waals surface area contributed by atoms with Gasteiger partial charge in [-0.3, -0.25) is 9.59 Å². The number of carbonyl (C=O) groups excluding carboxylic acids is 2. The number of rotatable bonds is 4. The monoisotopic (exact) mass is 294 g/mol. The highest BCUT2D eigenvalue weighted by molar-refractivity contribution is 6.10. The molecule has 1 saturated carbocycles. The summed E-state index contributed by atoms with van der Waals surface area (Å²) in [6.45, 7) is 7.68. The molecule has 1 aromatic rings. The van der Waals surface area contributed by atoms with E-state index in [4.69, 9.17) is 6.42 Å². The predicted octanol–water partition coefficient (Wildman–Crippen LogP) is 3.73. The smallest absolute Gasteiger partial charge is 0.147 e. The Hall–Kier alpha value is -2.14. The molecule has 2 rings (SSSR count). The van der Waals surface area contributed by atoms with Crippen LogP contribution in [0.5, 0.6) is 0 Å². The van der Waals surface area contributed by atoms with Crippen molar-refractivity contribution in [2.24, 2.45) is 10.8 Å². The number of benzene rings is 1. The van der Waals surface area contributed by atoms with Crippen LogP contribution in [-0.2, 0) is 16.0 Å². The van der Waals surface area contributed by atoms with E-state index in [1.807, 2.05) is 38.1 Å². The van der Waals surface area contributed by atoms with Crippen LogP contribution in [0.4, 0.5) is 0 Å². The molecule has 0 spiro atoms. The molecule has 114 valence electrons. The topological polar surface area (TPSA) is 34.1 Å². The van der Waals surface area contributed by atoms with Crippen LogP contribution in [-0.4, -0.2) is 11.6 Å². The van der Waals surface area contributed by atoms with Gasteiger partial charge in [-0.15, -0.1) is 13.0 Å². The third kappa shape index (κ3) is 2.90. The summed E-state index contributed by atoms with van der Waals surface area (Å²) in [5.41, 5.74) is 0.374. The Bertz CT molecular complexity index is 639. The van der Waals surface area contributed by atoms with Crippen molar-refractivity contribution >= 4 is 11.6 Å². The van der Waals surface area contributed by atoms with Gasteiger partial charge in [0.05, 0.1) is 5.41 Å². The fourth-order valence-electron chi connectivity index (χ4n) is 3.31. The first-order valence-corrected chi connectivity index (χ1v) is 7.57. The van der Waals surface area contributed by atoms with E-state index in [0.717, 1.165) is 11.1 Å². The lowest BCUT2D eigenvalue weighted by molar-refractivity contribution is -0.148. The predicted molar refractivity (Wildman–Crippen MR) is 88.4 cm³/mol. The molecule has 2 heteroatoms. The summed E-state index contributed by atoms with van der Waals surface area (Å²) in [5.74, 6) is 2.67. The van der Waals surface area contributed by atoms with Gasteiger partial charge in [0.2, 0.25) is 0 Å². The zero-order valence-electron chi connectivity index (χ0n) is 13.3. The van der Waals surface area contributed by atoms with Crippen LogP contribution in [0.1, 0.15) is 44.2 Å². The van der Waals surface area contributed by atoms with Crippen molar-refractivity contribution in [1.82, 2.24) is 0 Å². The van der Waals surface area contributed by atoms with Crippen LogP contribution in [0.3, 0.4) is 0 Å². The third-order valence-electron chi connectivity index (χ3n) is 4.50. The third-order valence-corrected chi connectivity index (χ3v) is 4.50. The Morgan fingerprint density at radius 2 is 1.82 bits per heavy atom. The molecule has 0 aromatic heterocycles. The van der Waals surface area contributed by atoms with E-state index in [2.05, 4.69) is 12.5 Å². The van der Waals surface area contributed by atoms with Gasteiger partial charge in [-0.05, 0) is 29.9 Å². The summed E-state index contributed by atoms with van der Waals surface area (Å²) in [7, 11) is 0. The molecule has 0 amide bonds. The second-order valence-corrected chi connectivity index (χ2v) is 6.92. The fourth-order valence-corrected chi connectivity index (χ4v) is 3.31. The van der Waals surface area contributed by atoms with Gasteiger partial charge in [0.1, 0.15) is 11.6 Å². The van der Waals surface area contributed by atoms with E-state index in [0.29, 0.717) is 25.7 Å². The zero-order valence-corrected chi connectivity index (χ0v) is 13.3. The number of hydrogen-bond donors (Lipinski definition) is 0. The second kappa shape index (κ2) is 5.93. The van der Waals surface area contributed by atoms with Crippen LogP contribution in [0.15, 0.2) is 36.9 Å². The second-order valence-electron chi connectivity index (χ2n) is 6.92. The van der Waals surface area contributed by atoms with E-state index in [1.54, 1.807) is 6.08 Å². The molecule has 0 aliphatic heterocycles. The first-order valence-electron chi connectivity index (χ1n) is 7.57. The SMILES string of the molecule is C#Cc1ccccc1CC1(CC=C)C(=O)CC(C)(C)CC1=O. The molecule has 2 nitrogen and oxygen atoms in total. The van der Waals surface area contributed by atoms with Crippen LogP contribution in [0.2, 0.25) is 0 Å². The Morgan fingerprint density at radius 1 is 1.23 bits per heavy atom. The molecule has 1 aromatic carbocycles. The Balaban J connectivity index is 2.45. The van der Waals surface area contributed by atoms with E-state index in [9.17, 15) is 9.59 Å². The Kier molecular flexibility index (Phi) is 4.37. The average molecular weight is 294 g/mol. The first-order chi connectivity index (χ1) is 10.3. The standard InChI is InChI=1S/C20H22O2/c1-5-11-20(12-16-10-8-7-9-15(16)6-2)17(21)13-19(3,4)14-18(20)22/h2,5,7-10H,1,11-14H2,3-4H3. The maximum absolute atomic E-state index is 12.8. The minimum atomic E-state index is -0.996. The maximum Gasteiger partial charge on any atom is 0.147 e. The number of ketones is 2. The van der Waals surface area contributed by atoms with Crippen molar-refractivity contribution in [3.05, 3.63) is 48.0 Å². The van der Waals surface area contributed by atoms with Gasteiger partial charge in [-0.2, -0.15) is 0 Å². The summed E-state index contributed by atoms with van der Waals surface area (Å²) in [4.78, 5) is 25.6. The Morgan fingerprint density at radius 3 is 2.36 bits per heavy atom. The molecule has 1 aliphatic carbocycles. The Labute approximate surface area is 132 Å². The van der Waals surface area contributed by atoms with Gasteiger partial charge in [0.25, 0.3) is 0 Å². The van der Waals surface area contributed by atoms with Gasteiger partial charge in [-0.1, -0.05) is 44.0 Å². The molecular weight excluding hydrogens is 272 g/mol. The van der Waals surface area contributed by atoms with Crippen molar-refractivity contribution < 1.29 is 9.59 Å². The lowest BCUT2D eigenvalue weighted by Crippen LogP contribution is -2.49. The van der Waals surface area contributed by atoms with Crippen molar-refractivity contribution in [2.75, 3.05) is 0 Å². The molecule has 0 atom stereocenters. The summed E-state index contributed by atoms with van der Waals surface area (Å²) < 4.78 is 0. The van der Waals surface area contributed by atoms with Gasteiger partial charge in [0, 0.05) is 18.4 Å². The minimum Gasteiger partial charge on any atom is -0.299 e. The van der Waals surface area contributed by atoms with Crippen LogP contribution < -0.4 is 0 Å². The number of Topliss-reactive ketones (excluding diaryl/α,β-unsaturated/α-hetero) is 2. The van der Waals surface area contributed by atoms with Crippen molar-refractivity contribution in [1.29, 1.82) is 0 Å². The lowest BCUT2D eigenvalue weighted by Gasteiger charge is -2.40. The maximum atomic E-state index is 12.8. The van der Waals surface area contributed by atoms with Crippen LogP contribution in [0.25, 0.3) is 0 Å². The summed E-state index contributed by atoms with van der Waals surface area (Å²) in [6, 6.07) is 7.50. The number of terminal acetylenes is 1. The first kappa shape index (κ1) is 16.2. The highest BCUT2D eigenvalue weighted by Gasteiger charge is 2.50. The van der Waals surface area contributed by atoms with Gasteiger partial charge < -0.3 is 0 Å². The molecule has 0 bridgehead atoms. The molecule has 1 aliphatic rings. The number of carbonyl (C=O) groups is 2. The van der Waals surface area contributed by atoms with Crippen molar-refractivity contribution in [3.8, 4) is 12.3 Å². The average Bonchev–Trinajstić information content (AvgIpc) is 2.44.